The average Bonchev–Trinajstić information content (AvgIpc) is 2.25. The standard InChI is InChI=1S/C12H19FN2/c1-4-10(2)5-6-11(3)8-15-9-12(13)7-14/h4-7,9-11H,1,8,14H2,2-3H3/b6-5-,12-7+,15-9+. The summed E-state index contributed by atoms with van der Waals surface area (Å²) >= 11 is 0. The highest BCUT2D eigenvalue weighted by Crippen LogP contribution is 2.04. The van der Waals surface area contributed by atoms with Crippen molar-refractivity contribution >= 4 is 6.21 Å². The number of nitrogens with zero attached hydrogens (tertiary/aromatic N) is 1. The minimum absolute atomic E-state index is 0.286. The van der Waals surface area contributed by atoms with Crippen molar-refractivity contribution < 1.29 is 4.39 Å². The van der Waals surface area contributed by atoms with Crippen LogP contribution in [0.25, 0.3) is 0 Å². The molecule has 2 unspecified atom stereocenters. The Labute approximate surface area is 91.1 Å². The monoisotopic (exact) mass is 210 g/mol. The SMILES string of the molecule is C=CC(C)/C=C\C(C)C/N=C/C(F)=C\N. The summed E-state index contributed by atoms with van der Waals surface area (Å²) < 4.78 is 12.5. The van der Waals surface area contributed by atoms with Crippen molar-refractivity contribution in [1.29, 1.82) is 0 Å². The molecule has 0 aliphatic heterocycles. The summed E-state index contributed by atoms with van der Waals surface area (Å²) in [5, 5.41) is 0. The predicted molar refractivity (Wildman–Crippen MR) is 64.4 cm³/mol. The number of hydrogen-bond acceptors (Lipinski definition) is 2. The molecule has 0 saturated heterocycles. The normalized spacial score (nSPS) is 17.1. The molecule has 0 fully saturated rings. The first kappa shape index (κ1) is 13.6. The highest BCUT2D eigenvalue weighted by atomic mass is 19.1. The smallest absolute Gasteiger partial charge is 0.156 e. The molecule has 0 bridgehead atoms. The molecule has 0 aromatic heterocycles. The van der Waals surface area contributed by atoms with Gasteiger partial charge in [-0.2, -0.15) is 0 Å². The van der Waals surface area contributed by atoms with Crippen molar-refractivity contribution in [3.8, 4) is 0 Å². The molecule has 0 aromatic carbocycles. The lowest BCUT2D eigenvalue weighted by molar-refractivity contribution is 0.677. The van der Waals surface area contributed by atoms with Gasteiger partial charge in [-0.05, 0) is 11.8 Å². The molecule has 2 nitrogen and oxygen atoms in total. The molecule has 0 saturated carbocycles. The Morgan fingerprint density at radius 3 is 2.67 bits per heavy atom. The van der Waals surface area contributed by atoms with Crippen molar-refractivity contribution in [1.82, 2.24) is 0 Å². The van der Waals surface area contributed by atoms with Gasteiger partial charge in [0.15, 0.2) is 5.83 Å². The van der Waals surface area contributed by atoms with E-state index in [0.717, 1.165) is 12.4 Å². The topological polar surface area (TPSA) is 38.4 Å². The van der Waals surface area contributed by atoms with Crippen molar-refractivity contribution in [2.75, 3.05) is 6.54 Å². The summed E-state index contributed by atoms with van der Waals surface area (Å²) in [7, 11) is 0. The van der Waals surface area contributed by atoms with Crippen LogP contribution >= 0.6 is 0 Å². The van der Waals surface area contributed by atoms with E-state index in [4.69, 9.17) is 5.73 Å². The van der Waals surface area contributed by atoms with Gasteiger partial charge in [0.05, 0.1) is 6.21 Å². The van der Waals surface area contributed by atoms with E-state index in [1.807, 2.05) is 19.1 Å². The first-order valence-electron chi connectivity index (χ1n) is 4.98. The van der Waals surface area contributed by atoms with Crippen LogP contribution in [-0.2, 0) is 0 Å². The van der Waals surface area contributed by atoms with Crippen molar-refractivity contribution in [2.24, 2.45) is 22.6 Å². The lowest BCUT2D eigenvalue weighted by Crippen LogP contribution is -1.96. The zero-order valence-electron chi connectivity index (χ0n) is 9.36. The maximum absolute atomic E-state index is 12.5. The number of rotatable bonds is 6. The van der Waals surface area contributed by atoms with E-state index >= 15 is 0 Å². The fourth-order valence-corrected chi connectivity index (χ4v) is 0.854. The largest absolute Gasteiger partial charge is 0.402 e. The summed E-state index contributed by atoms with van der Waals surface area (Å²) in [5.74, 6) is 0.136. The van der Waals surface area contributed by atoms with Gasteiger partial charge in [-0.3, -0.25) is 4.99 Å². The molecule has 0 spiro atoms. The van der Waals surface area contributed by atoms with Crippen LogP contribution in [0.5, 0.6) is 0 Å². The van der Waals surface area contributed by atoms with Crippen LogP contribution in [0.3, 0.4) is 0 Å². The van der Waals surface area contributed by atoms with Crippen molar-refractivity contribution in [2.45, 2.75) is 13.8 Å². The second-order valence-corrected chi connectivity index (χ2v) is 3.50. The average molecular weight is 210 g/mol. The molecule has 2 N–H and O–H groups in total. The molecule has 0 aliphatic rings. The second kappa shape index (κ2) is 7.97. The van der Waals surface area contributed by atoms with Crippen LogP contribution in [0, 0.1) is 11.8 Å². The Bertz CT molecular complexity index is 267. The van der Waals surface area contributed by atoms with Gasteiger partial charge < -0.3 is 5.73 Å². The van der Waals surface area contributed by atoms with Crippen molar-refractivity contribution in [3.63, 3.8) is 0 Å². The van der Waals surface area contributed by atoms with Gasteiger partial charge in [-0.15, -0.1) is 6.58 Å². The molecule has 0 heterocycles. The molecule has 84 valence electrons. The van der Waals surface area contributed by atoms with Gasteiger partial charge in [-0.25, -0.2) is 4.39 Å². The van der Waals surface area contributed by atoms with Gasteiger partial charge in [-0.1, -0.05) is 32.1 Å². The molecule has 0 rings (SSSR count). The quantitative estimate of drug-likeness (QED) is 0.531. The zero-order valence-corrected chi connectivity index (χ0v) is 9.36. The summed E-state index contributed by atoms with van der Waals surface area (Å²) in [4.78, 5) is 3.92. The molecule has 0 aliphatic carbocycles. The van der Waals surface area contributed by atoms with E-state index in [9.17, 15) is 4.39 Å². The Morgan fingerprint density at radius 2 is 2.13 bits per heavy atom. The number of halogens is 1. The fourth-order valence-electron chi connectivity index (χ4n) is 0.854. The minimum Gasteiger partial charge on any atom is -0.402 e. The van der Waals surface area contributed by atoms with Gasteiger partial charge in [0, 0.05) is 12.7 Å². The summed E-state index contributed by atoms with van der Waals surface area (Å²) in [6.45, 7) is 8.31. The number of nitrogens with two attached hydrogens (primary N) is 1. The summed E-state index contributed by atoms with van der Waals surface area (Å²) in [5.41, 5.74) is 4.95. The van der Waals surface area contributed by atoms with Crippen LogP contribution in [0.15, 0.2) is 41.8 Å². The van der Waals surface area contributed by atoms with E-state index in [-0.39, 0.29) is 5.92 Å². The molecule has 3 heteroatoms. The molecule has 0 amide bonds. The minimum atomic E-state index is -0.509. The lowest BCUT2D eigenvalue weighted by atomic mass is 10.1. The molecule has 0 aromatic rings. The van der Waals surface area contributed by atoms with E-state index in [1.165, 1.54) is 0 Å². The third-order valence-electron chi connectivity index (χ3n) is 1.88. The van der Waals surface area contributed by atoms with E-state index in [2.05, 4.69) is 24.6 Å². The Morgan fingerprint density at radius 1 is 1.47 bits per heavy atom. The third-order valence-corrected chi connectivity index (χ3v) is 1.88. The number of allylic oxidation sites excluding steroid dienone is 3. The fraction of sp³-hybridized carbons (Fsp3) is 0.417. The van der Waals surface area contributed by atoms with Gasteiger partial charge in [0.2, 0.25) is 0 Å². The van der Waals surface area contributed by atoms with Crippen molar-refractivity contribution in [3.05, 3.63) is 36.8 Å². The summed E-state index contributed by atoms with van der Waals surface area (Å²) in [6.07, 6.45) is 8.00. The third kappa shape index (κ3) is 7.67. The number of aliphatic imine (C=N–C) groups is 1. The van der Waals surface area contributed by atoms with Gasteiger partial charge in [0.25, 0.3) is 0 Å². The van der Waals surface area contributed by atoms with E-state index in [0.29, 0.717) is 12.5 Å². The van der Waals surface area contributed by atoms with Gasteiger partial charge >= 0.3 is 0 Å². The molecule has 2 atom stereocenters. The van der Waals surface area contributed by atoms with Crippen LogP contribution in [0.1, 0.15) is 13.8 Å². The first-order valence-corrected chi connectivity index (χ1v) is 4.98. The Balaban J connectivity index is 3.94. The second-order valence-electron chi connectivity index (χ2n) is 3.50. The van der Waals surface area contributed by atoms with Crippen LogP contribution < -0.4 is 5.73 Å². The van der Waals surface area contributed by atoms with Crippen LogP contribution in [0.2, 0.25) is 0 Å². The molecular formula is C12H19FN2. The van der Waals surface area contributed by atoms with Crippen LogP contribution in [0.4, 0.5) is 4.39 Å². The maximum Gasteiger partial charge on any atom is 0.156 e. The molecular weight excluding hydrogens is 191 g/mol. The van der Waals surface area contributed by atoms with Crippen LogP contribution in [-0.4, -0.2) is 12.8 Å². The Kier molecular flexibility index (Phi) is 7.24. The highest BCUT2D eigenvalue weighted by Gasteiger charge is 1.95. The van der Waals surface area contributed by atoms with Gasteiger partial charge in [0.1, 0.15) is 0 Å². The Hall–Kier alpha value is -1.38. The zero-order chi connectivity index (χ0) is 11.7. The number of hydrogen-bond donors (Lipinski definition) is 1. The highest BCUT2D eigenvalue weighted by molar-refractivity contribution is 5.75. The van der Waals surface area contributed by atoms with E-state index in [1.54, 1.807) is 0 Å². The predicted octanol–water partition coefficient (Wildman–Crippen LogP) is 2.84. The maximum atomic E-state index is 12.5. The van der Waals surface area contributed by atoms with E-state index < -0.39 is 5.83 Å². The molecule has 0 radical (unpaired) electrons. The summed E-state index contributed by atoms with van der Waals surface area (Å²) in [6, 6.07) is 0. The molecule has 15 heavy (non-hydrogen) atoms. The first-order chi connectivity index (χ1) is 7.10. The lowest BCUT2D eigenvalue weighted by Gasteiger charge is -2.02.